The first kappa shape index (κ1) is 18.2. The number of rotatable bonds is 7. The van der Waals surface area contributed by atoms with Crippen LogP contribution in [0.2, 0.25) is 0 Å². The van der Waals surface area contributed by atoms with Crippen molar-refractivity contribution in [1.29, 1.82) is 0 Å². The van der Waals surface area contributed by atoms with E-state index in [9.17, 15) is 9.90 Å². The van der Waals surface area contributed by atoms with Crippen LogP contribution >= 0.6 is 34.4 Å². The highest BCUT2D eigenvalue weighted by atomic mass is 32.2. The lowest BCUT2D eigenvalue weighted by Crippen LogP contribution is -2.41. The summed E-state index contributed by atoms with van der Waals surface area (Å²) in [5.41, 5.74) is 0.237. The average Bonchev–Trinajstić information content (AvgIpc) is 3.34. The number of nitrogens with one attached hydrogen (secondary N) is 1. The first-order chi connectivity index (χ1) is 12.1. The highest BCUT2D eigenvalue weighted by molar-refractivity contribution is 7.99. The number of amides is 1. The van der Waals surface area contributed by atoms with Crippen LogP contribution < -0.4 is 5.32 Å². The fraction of sp³-hybridized carbons (Fsp3) is 0.211. The van der Waals surface area contributed by atoms with Crippen molar-refractivity contribution in [1.82, 2.24) is 5.32 Å². The lowest BCUT2D eigenvalue weighted by atomic mass is 9.94. The minimum atomic E-state index is -1.21. The van der Waals surface area contributed by atoms with E-state index < -0.39 is 5.60 Å². The van der Waals surface area contributed by atoms with Crippen molar-refractivity contribution in [3.63, 3.8) is 0 Å². The maximum Gasteiger partial charge on any atom is 0.252 e. The SMILES string of the molecule is CCSc1ccccc1C(=O)NC[C@](O)(c1ccsc1)c1cccs1. The Morgan fingerprint density at radius 3 is 2.72 bits per heavy atom. The number of hydrogen-bond acceptors (Lipinski definition) is 5. The molecule has 6 heteroatoms. The van der Waals surface area contributed by atoms with Crippen LogP contribution in [0, 0.1) is 0 Å². The molecule has 3 aromatic rings. The molecule has 130 valence electrons. The molecule has 0 aliphatic heterocycles. The van der Waals surface area contributed by atoms with Gasteiger partial charge in [-0.2, -0.15) is 11.3 Å². The lowest BCUT2D eigenvalue weighted by Gasteiger charge is -2.27. The Morgan fingerprint density at radius 2 is 2.04 bits per heavy atom. The zero-order valence-corrected chi connectivity index (χ0v) is 16.2. The summed E-state index contributed by atoms with van der Waals surface area (Å²) in [4.78, 5) is 14.5. The minimum absolute atomic E-state index is 0.133. The van der Waals surface area contributed by atoms with Gasteiger partial charge in [0.15, 0.2) is 0 Å². The molecule has 0 saturated heterocycles. The van der Waals surface area contributed by atoms with Crippen LogP contribution in [0.25, 0.3) is 0 Å². The van der Waals surface area contributed by atoms with E-state index in [0.29, 0.717) is 5.56 Å². The molecule has 0 saturated carbocycles. The molecule has 2 heterocycles. The Hall–Kier alpha value is -1.60. The molecular weight excluding hydrogens is 370 g/mol. The van der Waals surface area contributed by atoms with Crippen LogP contribution in [0.1, 0.15) is 27.7 Å². The van der Waals surface area contributed by atoms with Gasteiger partial charge in [-0.25, -0.2) is 0 Å². The summed E-state index contributed by atoms with van der Waals surface area (Å²) in [5, 5.41) is 20.0. The quantitative estimate of drug-likeness (QED) is 0.581. The van der Waals surface area contributed by atoms with Crippen molar-refractivity contribution in [2.45, 2.75) is 17.4 Å². The van der Waals surface area contributed by atoms with Crippen LogP contribution in [-0.2, 0) is 5.60 Å². The van der Waals surface area contributed by atoms with Gasteiger partial charge in [-0.1, -0.05) is 25.1 Å². The molecule has 0 radical (unpaired) electrons. The number of carbonyl (C=O) groups excluding carboxylic acids is 1. The molecule has 25 heavy (non-hydrogen) atoms. The van der Waals surface area contributed by atoms with Gasteiger partial charge in [-0.3, -0.25) is 4.79 Å². The Labute approximate surface area is 159 Å². The molecule has 3 nitrogen and oxygen atoms in total. The van der Waals surface area contributed by atoms with Gasteiger partial charge in [0, 0.05) is 15.3 Å². The lowest BCUT2D eigenvalue weighted by molar-refractivity contribution is 0.0719. The van der Waals surface area contributed by atoms with Crippen LogP contribution in [0.4, 0.5) is 0 Å². The van der Waals surface area contributed by atoms with E-state index in [2.05, 4.69) is 12.2 Å². The second-order valence-corrected chi connectivity index (χ2v) is 8.50. The van der Waals surface area contributed by atoms with Gasteiger partial charge < -0.3 is 10.4 Å². The number of carbonyl (C=O) groups is 1. The molecule has 1 atom stereocenters. The zero-order valence-electron chi connectivity index (χ0n) is 13.8. The van der Waals surface area contributed by atoms with Gasteiger partial charge >= 0.3 is 0 Å². The van der Waals surface area contributed by atoms with E-state index in [0.717, 1.165) is 21.1 Å². The molecule has 0 aliphatic rings. The third-order valence-electron chi connectivity index (χ3n) is 3.86. The summed E-state index contributed by atoms with van der Waals surface area (Å²) in [6.45, 7) is 2.19. The molecule has 0 bridgehead atoms. The van der Waals surface area contributed by atoms with Gasteiger partial charge in [0.1, 0.15) is 5.60 Å². The smallest absolute Gasteiger partial charge is 0.252 e. The number of hydrogen-bond donors (Lipinski definition) is 2. The Kier molecular flexibility index (Phi) is 5.96. The van der Waals surface area contributed by atoms with Crippen molar-refractivity contribution in [3.05, 3.63) is 74.6 Å². The first-order valence-corrected chi connectivity index (χ1v) is 10.7. The number of benzene rings is 1. The van der Waals surface area contributed by atoms with Gasteiger partial charge in [-0.15, -0.1) is 23.1 Å². The number of thiophene rings is 2. The second kappa shape index (κ2) is 8.19. The monoisotopic (exact) mass is 389 g/mol. The number of thioether (sulfide) groups is 1. The summed E-state index contributed by atoms with van der Waals surface area (Å²) in [6.07, 6.45) is 0. The van der Waals surface area contributed by atoms with Gasteiger partial charge in [-0.05, 0) is 46.2 Å². The van der Waals surface area contributed by atoms with E-state index in [4.69, 9.17) is 0 Å². The zero-order chi connectivity index (χ0) is 17.7. The Bertz CT molecular complexity index is 779. The molecule has 2 N–H and O–H groups in total. The third kappa shape index (κ3) is 3.98. The maximum absolute atomic E-state index is 12.7. The highest BCUT2D eigenvalue weighted by Crippen LogP contribution is 2.33. The second-order valence-electron chi connectivity index (χ2n) is 5.46. The maximum atomic E-state index is 12.7. The fourth-order valence-electron chi connectivity index (χ4n) is 2.58. The largest absolute Gasteiger partial charge is 0.378 e. The molecule has 1 aromatic carbocycles. The molecule has 0 spiro atoms. The standard InChI is InChI=1S/C19H19NO2S3/c1-2-24-16-7-4-3-6-15(16)18(21)20-13-19(22,14-9-11-23-12-14)17-8-5-10-25-17/h3-12,22H,2,13H2,1H3,(H,20,21)/t19-/m0/s1. The highest BCUT2D eigenvalue weighted by Gasteiger charge is 2.33. The predicted molar refractivity (Wildman–Crippen MR) is 107 cm³/mol. The molecule has 0 aliphatic carbocycles. The molecular formula is C19H19NO2S3. The summed E-state index contributed by atoms with van der Waals surface area (Å²) in [7, 11) is 0. The van der Waals surface area contributed by atoms with E-state index >= 15 is 0 Å². The molecule has 2 aromatic heterocycles. The summed E-state index contributed by atoms with van der Waals surface area (Å²) < 4.78 is 0. The molecule has 3 rings (SSSR count). The van der Waals surface area contributed by atoms with Gasteiger partial charge in [0.2, 0.25) is 0 Å². The molecule has 0 unspecified atom stereocenters. The van der Waals surface area contributed by atoms with Crippen LogP contribution in [-0.4, -0.2) is 23.3 Å². The van der Waals surface area contributed by atoms with Crippen LogP contribution in [0.15, 0.2) is 63.5 Å². The molecule has 1 amide bonds. The van der Waals surface area contributed by atoms with Gasteiger partial charge in [0.05, 0.1) is 12.1 Å². The van der Waals surface area contributed by atoms with E-state index in [1.165, 1.54) is 22.7 Å². The van der Waals surface area contributed by atoms with Crippen LogP contribution in [0.3, 0.4) is 0 Å². The summed E-state index contributed by atoms with van der Waals surface area (Å²) in [5.74, 6) is 0.736. The van der Waals surface area contributed by atoms with E-state index in [1.807, 2.05) is 58.6 Å². The minimum Gasteiger partial charge on any atom is -0.378 e. The van der Waals surface area contributed by atoms with Gasteiger partial charge in [0.25, 0.3) is 5.91 Å². The summed E-state index contributed by atoms with van der Waals surface area (Å²) in [6, 6.07) is 13.3. The van der Waals surface area contributed by atoms with Crippen molar-refractivity contribution in [2.24, 2.45) is 0 Å². The topological polar surface area (TPSA) is 49.3 Å². The van der Waals surface area contributed by atoms with E-state index in [-0.39, 0.29) is 12.5 Å². The molecule has 0 fully saturated rings. The van der Waals surface area contributed by atoms with E-state index in [1.54, 1.807) is 11.8 Å². The van der Waals surface area contributed by atoms with Crippen molar-refractivity contribution in [2.75, 3.05) is 12.3 Å². The average molecular weight is 390 g/mol. The van der Waals surface area contributed by atoms with Crippen molar-refractivity contribution < 1.29 is 9.90 Å². The van der Waals surface area contributed by atoms with Crippen LogP contribution in [0.5, 0.6) is 0 Å². The van der Waals surface area contributed by atoms with Crippen molar-refractivity contribution >= 4 is 40.3 Å². The first-order valence-electron chi connectivity index (χ1n) is 7.94. The fourth-order valence-corrected chi connectivity index (χ4v) is 4.96. The third-order valence-corrected chi connectivity index (χ3v) is 6.52. The predicted octanol–water partition coefficient (Wildman–Crippen LogP) is 4.59. The normalized spacial score (nSPS) is 13.4. The number of aliphatic hydroxyl groups is 1. The van der Waals surface area contributed by atoms with Crippen molar-refractivity contribution in [3.8, 4) is 0 Å². The Balaban J connectivity index is 1.82. The summed E-state index contributed by atoms with van der Waals surface area (Å²) >= 11 is 4.66. The Morgan fingerprint density at radius 1 is 1.20 bits per heavy atom.